The third-order valence-corrected chi connectivity index (χ3v) is 5.60. The largest absolute Gasteiger partial charge is 0.271 e. The Labute approximate surface area is 169 Å². The second-order valence-electron chi connectivity index (χ2n) is 7.55. The molecular formula is C25H24F4. The second kappa shape index (κ2) is 9.78. The van der Waals surface area contributed by atoms with Crippen LogP contribution in [0, 0.1) is 35.3 Å². The van der Waals surface area contributed by atoms with E-state index in [-0.39, 0.29) is 17.4 Å². The van der Waals surface area contributed by atoms with E-state index in [1.54, 1.807) is 12.1 Å². The Balaban J connectivity index is 1.80. The quantitative estimate of drug-likeness (QED) is 0.278. The molecule has 0 nitrogen and oxygen atoms in total. The molecule has 0 bridgehead atoms. The summed E-state index contributed by atoms with van der Waals surface area (Å²) in [5.74, 6) is 5.36. The van der Waals surface area contributed by atoms with Gasteiger partial charge in [-0.15, -0.1) is 0 Å². The molecule has 1 aliphatic carbocycles. The fourth-order valence-corrected chi connectivity index (χ4v) is 3.99. The number of benzene rings is 2. The van der Waals surface area contributed by atoms with E-state index in [0.29, 0.717) is 10.9 Å². The monoisotopic (exact) mass is 400 g/mol. The van der Waals surface area contributed by atoms with Crippen LogP contribution in [-0.2, 0) is 0 Å². The molecule has 1 fully saturated rings. The van der Waals surface area contributed by atoms with Gasteiger partial charge in [0.05, 0.1) is 5.56 Å². The molecule has 0 heterocycles. The van der Waals surface area contributed by atoms with Crippen molar-refractivity contribution in [3.05, 3.63) is 65.3 Å². The lowest BCUT2D eigenvalue weighted by Gasteiger charge is -2.25. The van der Waals surface area contributed by atoms with Crippen molar-refractivity contribution >= 4 is 16.8 Å². The smallest absolute Gasteiger partial charge is 0.206 e. The molecule has 0 aromatic heterocycles. The number of allylic oxidation sites excluding steroid dienone is 2. The summed E-state index contributed by atoms with van der Waals surface area (Å²) in [6.07, 6.45) is 9.07. The number of hydrogen-bond donors (Lipinski definition) is 0. The van der Waals surface area contributed by atoms with E-state index < -0.39 is 23.3 Å². The van der Waals surface area contributed by atoms with Crippen LogP contribution >= 0.6 is 0 Å². The first kappa shape index (κ1) is 21.2. The van der Waals surface area contributed by atoms with Crippen molar-refractivity contribution in [3.63, 3.8) is 0 Å². The number of fused-ring (bicyclic) bond motifs is 1. The molecular weight excluding hydrogens is 376 g/mol. The van der Waals surface area contributed by atoms with E-state index in [0.717, 1.165) is 44.1 Å². The Hall–Kier alpha value is -2.54. The molecule has 1 saturated carbocycles. The highest BCUT2D eigenvalue weighted by molar-refractivity contribution is 5.90. The first-order chi connectivity index (χ1) is 14.0. The molecule has 0 atom stereocenters. The predicted molar refractivity (Wildman–Crippen MR) is 110 cm³/mol. The average molecular weight is 400 g/mol. The van der Waals surface area contributed by atoms with Crippen molar-refractivity contribution in [2.45, 2.75) is 45.4 Å². The highest BCUT2D eigenvalue weighted by Gasteiger charge is 2.19. The third kappa shape index (κ3) is 5.29. The first-order valence-electron chi connectivity index (χ1n) is 10.1. The van der Waals surface area contributed by atoms with Gasteiger partial charge in [0.2, 0.25) is 0 Å². The normalized spacial score (nSPS) is 19.2. The maximum absolute atomic E-state index is 14.6. The molecule has 0 saturated heterocycles. The molecule has 1 aliphatic rings. The van der Waals surface area contributed by atoms with E-state index in [1.807, 2.05) is 6.92 Å². The van der Waals surface area contributed by atoms with Gasteiger partial charge >= 0.3 is 0 Å². The third-order valence-electron chi connectivity index (χ3n) is 5.60. The minimum Gasteiger partial charge on any atom is -0.206 e. The lowest BCUT2D eigenvalue weighted by Crippen LogP contribution is -2.13. The molecule has 4 heteroatoms. The summed E-state index contributed by atoms with van der Waals surface area (Å²) < 4.78 is 53.8. The minimum absolute atomic E-state index is 0.0957. The van der Waals surface area contributed by atoms with Crippen LogP contribution in [0.15, 0.2) is 42.5 Å². The molecule has 2 aromatic rings. The fraction of sp³-hybridized carbons (Fsp3) is 0.360. The molecule has 2 aromatic carbocycles. The summed E-state index contributed by atoms with van der Waals surface area (Å²) in [7, 11) is 0. The molecule has 29 heavy (non-hydrogen) atoms. The minimum atomic E-state index is -2.14. The van der Waals surface area contributed by atoms with Crippen molar-refractivity contribution in [2.75, 3.05) is 0 Å². The number of rotatable bonds is 4. The van der Waals surface area contributed by atoms with Crippen molar-refractivity contribution in [3.8, 4) is 11.8 Å². The van der Waals surface area contributed by atoms with Crippen molar-refractivity contribution in [2.24, 2.45) is 11.8 Å². The van der Waals surface area contributed by atoms with Crippen molar-refractivity contribution in [1.82, 2.24) is 0 Å². The second-order valence-corrected chi connectivity index (χ2v) is 7.55. The van der Waals surface area contributed by atoms with E-state index >= 15 is 0 Å². The van der Waals surface area contributed by atoms with Gasteiger partial charge in [-0.1, -0.05) is 36.1 Å². The Morgan fingerprint density at radius 2 is 1.86 bits per heavy atom. The highest BCUT2D eigenvalue weighted by Crippen LogP contribution is 2.32. The molecule has 0 unspecified atom stereocenters. The number of hydrogen-bond acceptors (Lipinski definition) is 0. The van der Waals surface area contributed by atoms with E-state index in [4.69, 9.17) is 0 Å². The summed E-state index contributed by atoms with van der Waals surface area (Å²) in [5, 5.41) is 0.407. The lowest BCUT2D eigenvalue weighted by atomic mass is 9.80. The van der Waals surface area contributed by atoms with Crippen LogP contribution in [0.25, 0.3) is 16.8 Å². The molecule has 0 spiro atoms. The SMILES string of the molecule is C/C=C/CCC1CCC(C#Cc2cccc3c(F)c(C=C(F)F)c(F)cc23)CC1. The van der Waals surface area contributed by atoms with Gasteiger partial charge in [0.15, 0.2) is 0 Å². The maximum atomic E-state index is 14.6. The van der Waals surface area contributed by atoms with Crippen LogP contribution in [-0.4, -0.2) is 0 Å². The van der Waals surface area contributed by atoms with E-state index in [1.165, 1.54) is 12.5 Å². The van der Waals surface area contributed by atoms with Gasteiger partial charge in [-0.05, 0) is 63.5 Å². The molecule has 0 radical (unpaired) electrons. The molecule has 0 aliphatic heterocycles. The molecule has 152 valence electrons. The lowest BCUT2D eigenvalue weighted by molar-refractivity contribution is 0.303. The Bertz CT molecular complexity index is 979. The first-order valence-corrected chi connectivity index (χ1v) is 10.1. The standard InChI is InChI=1S/C25H24F4/c1-2-3-4-6-17-9-11-18(12-10-17)13-14-19-7-5-8-20-21(19)15-23(26)22(25(20)29)16-24(27)28/h2-3,5,7-8,15-18H,4,6,9-12H2,1H3/b3-2+. The van der Waals surface area contributed by atoms with Crippen molar-refractivity contribution in [1.29, 1.82) is 0 Å². The van der Waals surface area contributed by atoms with E-state index in [2.05, 4.69) is 24.0 Å². The Morgan fingerprint density at radius 3 is 2.55 bits per heavy atom. The average Bonchev–Trinajstić information content (AvgIpc) is 2.71. The van der Waals surface area contributed by atoms with Gasteiger partial charge in [-0.2, -0.15) is 8.78 Å². The molecule has 0 N–H and O–H groups in total. The number of halogens is 4. The van der Waals surface area contributed by atoms with Crippen LogP contribution in [0.4, 0.5) is 17.6 Å². The zero-order chi connectivity index (χ0) is 20.8. The zero-order valence-electron chi connectivity index (χ0n) is 16.5. The Kier molecular flexibility index (Phi) is 7.14. The van der Waals surface area contributed by atoms with Gasteiger partial charge in [0.25, 0.3) is 6.08 Å². The van der Waals surface area contributed by atoms with Gasteiger partial charge in [-0.25, -0.2) is 8.78 Å². The van der Waals surface area contributed by atoms with Gasteiger partial charge in [-0.3, -0.25) is 0 Å². The maximum Gasteiger partial charge on any atom is 0.271 e. The zero-order valence-corrected chi connectivity index (χ0v) is 16.5. The predicted octanol–water partition coefficient (Wildman–Crippen LogP) is 7.87. The molecule has 0 amide bonds. The van der Waals surface area contributed by atoms with Crippen LogP contribution < -0.4 is 0 Å². The van der Waals surface area contributed by atoms with E-state index in [9.17, 15) is 17.6 Å². The van der Waals surface area contributed by atoms with Gasteiger partial charge < -0.3 is 0 Å². The Morgan fingerprint density at radius 1 is 1.10 bits per heavy atom. The summed E-state index contributed by atoms with van der Waals surface area (Å²) in [4.78, 5) is 0. The fourth-order valence-electron chi connectivity index (χ4n) is 3.99. The van der Waals surface area contributed by atoms with Crippen LogP contribution in [0.1, 0.15) is 56.6 Å². The van der Waals surface area contributed by atoms with Crippen LogP contribution in [0.5, 0.6) is 0 Å². The highest BCUT2D eigenvalue weighted by atomic mass is 19.3. The van der Waals surface area contributed by atoms with Crippen molar-refractivity contribution < 1.29 is 17.6 Å². The summed E-state index contributed by atoms with van der Waals surface area (Å²) in [6, 6.07) is 5.88. The van der Waals surface area contributed by atoms with Gasteiger partial charge in [0, 0.05) is 28.3 Å². The summed E-state index contributed by atoms with van der Waals surface area (Å²) >= 11 is 0. The summed E-state index contributed by atoms with van der Waals surface area (Å²) in [5.41, 5.74) is -0.203. The van der Waals surface area contributed by atoms with Crippen LogP contribution in [0.2, 0.25) is 0 Å². The van der Waals surface area contributed by atoms with Crippen LogP contribution in [0.3, 0.4) is 0 Å². The van der Waals surface area contributed by atoms with Gasteiger partial charge in [0.1, 0.15) is 11.6 Å². The summed E-state index contributed by atoms with van der Waals surface area (Å²) in [6.45, 7) is 2.04. The molecule has 3 rings (SSSR count). The topological polar surface area (TPSA) is 0 Å².